The van der Waals surface area contributed by atoms with Gasteiger partial charge in [0.25, 0.3) is 5.91 Å². The molecule has 4 rings (SSSR count). The van der Waals surface area contributed by atoms with Crippen molar-refractivity contribution in [1.29, 1.82) is 0 Å². The second-order valence-corrected chi connectivity index (χ2v) is 8.74. The molecule has 0 bridgehead atoms. The van der Waals surface area contributed by atoms with Crippen LogP contribution in [0.1, 0.15) is 41.3 Å². The SMILES string of the molecule is CC(=O)N1C[C@H]2CN(C(=O)c3ccc(C)c(C)c3)C[C@@]2(C(=O)N2CCCC2)C1. The lowest BCUT2D eigenvalue weighted by Gasteiger charge is -2.32. The van der Waals surface area contributed by atoms with Crippen LogP contribution in [0.15, 0.2) is 18.2 Å². The highest BCUT2D eigenvalue weighted by molar-refractivity contribution is 5.96. The number of hydrogen-bond acceptors (Lipinski definition) is 3. The topological polar surface area (TPSA) is 60.9 Å². The molecule has 6 nitrogen and oxygen atoms in total. The third kappa shape index (κ3) is 2.99. The Morgan fingerprint density at radius 2 is 1.57 bits per heavy atom. The largest absolute Gasteiger partial charge is 0.342 e. The van der Waals surface area contributed by atoms with Gasteiger partial charge < -0.3 is 14.7 Å². The molecule has 0 spiro atoms. The van der Waals surface area contributed by atoms with Crippen molar-refractivity contribution in [3.05, 3.63) is 34.9 Å². The number of carbonyl (C=O) groups is 3. The number of likely N-dealkylation sites (tertiary alicyclic amines) is 3. The third-order valence-electron chi connectivity index (χ3n) is 6.91. The lowest BCUT2D eigenvalue weighted by molar-refractivity contribution is -0.141. The van der Waals surface area contributed by atoms with Crippen molar-refractivity contribution in [1.82, 2.24) is 14.7 Å². The van der Waals surface area contributed by atoms with Crippen molar-refractivity contribution in [3.8, 4) is 0 Å². The van der Waals surface area contributed by atoms with Crippen molar-refractivity contribution in [3.63, 3.8) is 0 Å². The minimum atomic E-state index is -0.647. The summed E-state index contributed by atoms with van der Waals surface area (Å²) in [4.78, 5) is 44.2. The Hall–Kier alpha value is -2.37. The fraction of sp³-hybridized carbons (Fsp3) is 0.591. The molecule has 0 saturated carbocycles. The second kappa shape index (κ2) is 6.90. The molecule has 0 aromatic heterocycles. The highest BCUT2D eigenvalue weighted by Gasteiger charge is 2.59. The van der Waals surface area contributed by atoms with E-state index >= 15 is 0 Å². The number of fused-ring (bicyclic) bond motifs is 1. The molecule has 3 saturated heterocycles. The van der Waals surface area contributed by atoms with Crippen molar-refractivity contribution in [2.45, 2.75) is 33.6 Å². The Morgan fingerprint density at radius 1 is 0.929 bits per heavy atom. The Morgan fingerprint density at radius 3 is 2.21 bits per heavy atom. The highest BCUT2D eigenvalue weighted by Crippen LogP contribution is 2.45. The molecule has 1 aromatic rings. The zero-order chi connectivity index (χ0) is 20.1. The maximum atomic E-state index is 13.5. The van der Waals surface area contributed by atoms with Crippen molar-refractivity contribution < 1.29 is 14.4 Å². The van der Waals surface area contributed by atoms with E-state index in [1.807, 2.05) is 41.8 Å². The van der Waals surface area contributed by atoms with Crippen LogP contribution in [0.5, 0.6) is 0 Å². The molecule has 0 N–H and O–H groups in total. The fourth-order valence-electron chi connectivity index (χ4n) is 5.05. The van der Waals surface area contributed by atoms with Crippen LogP contribution in [-0.2, 0) is 9.59 Å². The Labute approximate surface area is 166 Å². The van der Waals surface area contributed by atoms with Crippen LogP contribution in [0.2, 0.25) is 0 Å². The van der Waals surface area contributed by atoms with Crippen molar-refractivity contribution in [2.24, 2.45) is 11.3 Å². The lowest BCUT2D eigenvalue weighted by atomic mass is 9.79. The molecular formula is C22H29N3O3. The van der Waals surface area contributed by atoms with E-state index in [-0.39, 0.29) is 23.6 Å². The van der Waals surface area contributed by atoms with Gasteiger partial charge in [0.2, 0.25) is 11.8 Å². The standard InChI is InChI=1S/C22H29N3O3/c1-15-6-7-18(10-16(15)2)20(27)25-12-19-11-24(17(3)26)13-22(19,14-25)21(28)23-8-4-5-9-23/h6-7,10,19H,4-5,8-9,11-14H2,1-3H3/t19-,22-/m0/s1. The summed E-state index contributed by atoms with van der Waals surface area (Å²) in [5.41, 5.74) is 2.28. The van der Waals surface area contributed by atoms with Gasteiger partial charge in [-0.15, -0.1) is 0 Å². The van der Waals surface area contributed by atoms with Crippen LogP contribution >= 0.6 is 0 Å². The van der Waals surface area contributed by atoms with Crippen molar-refractivity contribution in [2.75, 3.05) is 39.3 Å². The van der Waals surface area contributed by atoms with Gasteiger partial charge in [-0.3, -0.25) is 14.4 Å². The molecule has 1 aromatic carbocycles. The van der Waals surface area contributed by atoms with Gasteiger partial charge in [-0.1, -0.05) is 6.07 Å². The summed E-state index contributed by atoms with van der Waals surface area (Å²) in [5, 5.41) is 0. The summed E-state index contributed by atoms with van der Waals surface area (Å²) in [6, 6.07) is 5.78. The minimum Gasteiger partial charge on any atom is -0.342 e. The zero-order valence-corrected chi connectivity index (χ0v) is 17.0. The molecule has 3 aliphatic heterocycles. The Kier molecular flexibility index (Phi) is 4.68. The first kappa shape index (κ1) is 19.0. The van der Waals surface area contributed by atoms with E-state index in [0.717, 1.165) is 37.1 Å². The Bertz CT molecular complexity index is 830. The van der Waals surface area contributed by atoms with E-state index in [4.69, 9.17) is 0 Å². The molecule has 6 heteroatoms. The average molecular weight is 383 g/mol. The van der Waals surface area contributed by atoms with Crippen molar-refractivity contribution >= 4 is 17.7 Å². The number of amides is 3. The van der Waals surface area contributed by atoms with E-state index < -0.39 is 5.41 Å². The van der Waals surface area contributed by atoms with E-state index in [1.54, 1.807) is 11.8 Å². The molecule has 2 atom stereocenters. The first-order valence-corrected chi connectivity index (χ1v) is 10.2. The summed E-state index contributed by atoms with van der Waals surface area (Å²) in [5.74, 6) is 0.143. The van der Waals surface area contributed by atoms with Gasteiger partial charge in [-0.2, -0.15) is 0 Å². The normalized spacial score (nSPS) is 26.7. The first-order chi connectivity index (χ1) is 13.3. The summed E-state index contributed by atoms with van der Waals surface area (Å²) >= 11 is 0. The summed E-state index contributed by atoms with van der Waals surface area (Å²) < 4.78 is 0. The highest BCUT2D eigenvalue weighted by atomic mass is 16.2. The van der Waals surface area contributed by atoms with Gasteiger partial charge in [-0.25, -0.2) is 0 Å². The lowest BCUT2D eigenvalue weighted by Crippen LogP contribution is -2.49. The van der Waals surface area contributed by atoms with Gasteiger partial charge in [-0.05, 0) is 49.9 Å². The van der Waals surface area contributed by atoms with E-state index in [0.29, 0.717) is 31.7 Å². The maximum absolute atomic E-state index is 13.5. The van der Waals surface area contributed by atoms with Crippen LogP contribution in [-0.4, -0.2) is 71.7 Å². The van der Waals surface area contributed by atoms with E-state index in [2.05, 4.69) is 0 Å². The molecule has 0 unspecified atom stereocenters. The minimum absolute atomic E-state index is 0.00929. The van der Waals surface area contributed by atoms with Crippen LogP contribution in [0.4, 0.5) is 0 Å². The quantitative estimate of drug-likeness (QED) is 0.783. The van der Waals surface area contributed by atoms with Crippen LogP contribution in [0.25, 0.3) is 0 Å². The summed E-state index contributed by atoms with van der Waals surface area (Å²) in [6.07, 6.45) is 2.07. The number of hydrogen-bond donors (Lipinski definition) is 0. The smallest absolute Gasteiger partial charge is 0.253 e. The molecule has 0 aliphatic carbocycles. The van der Waals surface area contributed by atoms with Gasteiger partial charge in [0.15, 0.2) is 0 Å². The molecule has 3 fully saturated rings. The zero-order valence-electron chi connectivity index (χ0n) is 17.0. The molecule has 3 aliphatic rings. The second-order valence-electron chi connectivity index (χ2n) is 8.74. The predicted octanol–water partition coefficient (Wildman–Crippen LogP) is 1.85. The monoisotopic (exact) mass is 383 g/mol. The maximum Gasteiger partial charge on any atom is 0.253 e. The first-order valence-electron chi connectivity index (χ1n) is 10.2. The number of rotatable bonds is 2. The molecule has 3 heterocycles. The number of benzene rings is 1. The van der Waals surface area contributed by atoms with Gasteiger partial charge in [0, 0.05) is 57.7 Å². The predicted molar refractivity (Wildman–Crippen MR) is 106 cm³/mol. The van der Waals surface area contributed by atoms with Gasteiger partial charge in [0.1, 0.15) is 0 Å². The summed E-state index contributed by atoms with van der Waals surface area (Å²) in [7, 11) is 0. The fourth-order valence-corrected chi connectivity index (χ4v) is 5.05. The molecule has 0 radical (unpaired) electrons. The molecule has 150 valence electrons. The number of aryl methyl sites for hydroxylation is 2. The van der Waals surface area contributed by atoms with Crippen LogP contribution in [0, 0.1) is 25.2 Å². The molecule has 28 heavy (non-hydrogen) atoms. The summed E-state index contributed by atoms with van der Waals surface area (Å²) in [6.45, 7) is 9.12. The average Bonchev–Trinajstić information content (AvgIpc) is 3.37. The number of carbonyl (C=O) groups excluding carboxylic acids is 3. The van der Waals surface area contributed by atoms with E-state index in [1.165, 1.54) is 0 Å². The molecular weight excluding hydrogens is 354 g/mol. The van der Waals surface area contributed by atoms with Gasteiger partial charge in [0.05, 0.1) is 5.41 Å². The molecule has 3 amide bonds. The number of nitrogens with zero attached hydrogens (tertiary/aromatic N) is 3. The van der Waals surface area contributed by atoms with E-state index in [9.17, 15) is 14.4 Å². The Balaban J connectivity index is 1.60. The third-order valence-corrected chi connectivity index (χ3v) is 6.91. The van der Waals surface area contributed by atoms with Crippen LogP contribution in [0.3, 0.4) is 0 Å². The van der Waals surface area contributed by atoms with Gasteiger partial charge >= 0.3 is 0 Å². The van der Waals surface area contributed by atoms with Crippen LogP contribution < -0.4 is 0 Å².